The molecule has 0 aliphatic carbocycles. The Morgan fingerprint density at radius 2 is 0.871 bits per heavy atom. The van der Waals surface area contributed by atoms with Crippen molar-refractivity contribution in [1.82, 2.24) is 0 Å². The van der Waals surface area contributed by atoms with E-state index in [2.05, 4.69) is 135 Å². The van der Waals surface area contributed by atoms with Crippen LogP contribution in [-0.4, -0.2) is 66.3 Å². The Kier molecular flexibility index (Phi) is 44.9. The molecule has 62 heavy (non-hydrogen) atoms. The summed E-state index contributed by atoms with van der Waals surface area (Å²) >= 11 is 0. The van der Waals surface area contributed by atoms with Crippen LogP contribution in [0, 0.1) is 0 Å². The quantitative estimate of drug-likeness (QED) is 0.0237. The van der Waals surface area contributed by atoms with Crippen molar-refractivity contribution in [2.24, 2.45) is 0 Å². The Balaban J connectivity index is 4.27. The molecule has 0 aliphatic rings. The van der Waals surface area contributed by atoms with Crippen LogP contribution in [0.2, 0.25) is 0 Å². The first-order valence-corrected chi connectivity index (χ1v) is 25.0. The highest BCUT2D eigenvalue weighted by molar-refractivity contribution is 7.47. The highest BCUT2D eigenvalue weighted by Crippen LogP contribution is 2.43. The molecular formula is C52H85O9P. The Hall–Kier alpha value is -3.14. The monoisotopic (exact) mass is 885 g/mol. The summed E-state index contributed by atoms with van der Waals surface area (Å²) in [5.41, 5.74) is 0. The second kappa shape index (κ2) is 47.3. The van der Waals surface area contributed by atoms with E-state index in [1.54, 1.807) is 0 Å². The number of hydrogen-bond donors (Lipinski definition) is 3. The van der Waals surface area contributed by atoms with Gasteiger partial charge >= 0.3 is 13.8 Å². The van der Waals surface area contributed by atoms with E-state index >= 15 is 0 Å². The summed E-state index contributed by atoms with van der Waals surface area (Å²) in [7, 11) is -4.55. The predicted molar refractivity (Wildman–Crippen MR) is 260 cm³/mol. The number of hydrogen-bond acceptors (Lipinski definition) is 8. The van der Waals surface area contributed by atoms with Crippen LogP contribution < -0.4 is 0 Å². The van der Waals surface area contributed by atoms with E-state index in [9.17, 15) is 19.4 Å². The molecule has 0 amide bonds. The number of esters is 1. The molecule has 0 heterocycles. The summed E-state index contributed by atoms with van der Waals surface area (Å²) in [5.74, 6) is -0.415. The Morgan fingerprint density at radius 3 is 1.31 bits per heavy atom. The topological polar surface area (TPSA) is 132 Å². The molecule has 9 nitrogen and oxygen atoms in total. The summed E-state index contributed by atoms with van der Waals surface area (Å²) in [6.07, 6.45) is 63.0. The van der Waals surface area contributed by atoms with E-state index in [0.29, 0.717) is 13.0 Å². The van der Waals surface area contributed by atoms with Gasteiger partial charge in [-0.05, 0) is 103 Å². The number of ether oxygens (including phenoxy) is 2. The molecule has 0 aromatic rings. The van der Waals surface area contributed by atoms with E-state index in [0.717, 1.165) is 128 Å². The maximum Gasteiger partial charge on any atom is 0.472 e. The van der Waals surface area contributed by atoms with E-state index in [1.165, 1.54) is 0 Å². The summed E-state index contributed by atoms with van der Waals surface area (Å²) < 4.78 is 33.4. The number of phosphoric acid groups is 1. The minimum Gasteiger partial charge on any atom is -0.457 e. The molecule has 352 valence electrons. The molecule has 0 radical (unpaired) electrons. The van der Waals surface area contributed by atoms with E-state index in [4.69, 9.17) is 23.6 Å². The minimum atomic E-state index is -4.55. The molecule has 0 aliphatic heterocycles. The van der Waals surface area contributed by atoms with Crippen molar-refractivity contribution >= 4 is 13.8 Å². The summed E-state index contributed by atoms with van der Waals surface area (Å²) in [6.45, 7) is 3.15. The zero-order valence-corrected chi connectivity index (χ0v) is 39.4. The number of carbonyl (C=O) groups is 1. The van der Waals surface area contributed by atoms with Gasteiger partial charge in [-0.2, -0.15) is 0 Å². The molecule has 0 spiro atoms. The van der Waals surface area contributed by atoms with Crippen molar-refractivity contribution in [1.29, 1.82) is 0 Å². The van der Waals surface area contributed by atoms with Crippen molar-refractivity contribution in [3.05, 3.63) is 122 Å². The minimum absolute atomic E-state index is 0.0113. The number of allylic oxidation sites excluding steroid dienone is 20. The molecule has 0 aromatic heterocycles. The average molecular weight is 885 g/mol. The second-order valence-corrected chi connectivity index (χ2v) is 16.5. The molecule has 0 bridgehead atoms. The summed E-state index contributed by atoms with van der Waals surface area (Å²) in [6, 6.07) is 0. The lowest BCUT2D eigenvalue weighted by Gasteiger charge is -2.20. The average Bonchev–Trinajstić information content (AvgIpc) is 3.26. The lowest BCUT2D eigenvalue weighted by Crippen LogP contribution is -2.29. The summed E-state index contributed by atoms with van der Waals surface area (Å²) in [5, 5.41) is 18.4. The van der Waals surface area contributed by atoms with Gasteiger partial charge in [0, 0.05) is 13.0 Å². The van der Waals surface area contributed by atoms with Crippen LogP contribution in [-0.2, 0) is 27.9 Å². The Bertz CT molecular complexity index is 1370. The lowest BCUT2D eigenvalue weighted by atomic mass is 10.1. The van der Waals surface area contributed by atoms with Gasteiger partial charge in [-0.1, -0.05) is 167 Å². The van der Waals surface area contributed by atoms with Gasteiger partial charge in [0.2, 0.25) is 0 Å². The number of phosphoric ester groups is 1. The van der Waals surface area contributed by atoms with Gasteiger partial charge in [-0.25, -0.2) is 4.57 Å². The van der Waals surface area contributed by atoms with Crippen molar-refractivity contribution < 1.29 is 43.0 Å². The third-order valence-electron chi connectivity index (χ3n) is 9.14. The number of aliphatic hydroxyl groups is 2. The van der Waals surface area contributed by atoms with E-state index in [1.807, 2.05) is 0 Å². The van der Waals surface area contributed by atoms with Crippen molar-refractivity contribution in [3.8, 4) is 0 Å². The number of rotatable bonds is 43. The van der Waals surface area contributed by atoms with E-state index < -0.39 is 45.8 Å². The normalized spacial score (nSPS) is 15.0. The fraction of sp³-hybridized carbons (Fsp3) is 0.596. The number of aliphatic hydroxyl groups excluding tert-OH is 2. The first-order chi connectivity index (χ1) is 30.3. The van der Waals surface area contributed by atoms with Crippen LogP contribution >= 0.6 is 7.82 Å². The van der Waals surface area contributed by atoms with Crippen molar-refractivity contribution in [2.45, 2.75) is 167 Å². The molecule has 0 aromatic carbocycles. The smallest absolute Gasteiger partial charge is 0.457 e. The fourth-order valence-corrected chi connectivity index (χ4v) is 6.43. The van der Waals surface area contributed by atoms with Crippen molar-refractivity contribution in [3.63, 3.8) is 0 Å². The Labute approximate surface area is 377 Å². The first kappa shape index (κ1) is 58.9. The van der Waals surface area contributed by atoms with Crippen LogP contribution in [0.3, 0.4) is 0 Å². The third kappa shape index (κ3) is 46.4. The van der Waals surface area contributed by atoms with Gasteiger partial charge in [0.1, 0.15) is 12.2 Å². The molecule has 0 saturated carbocycles. The first-order valence-electron chi connectivity index (χ1n) is 23.5. The van der Waals surface area contributed by atoms with Crippen LogP contribution in [0.15, 0.2) is 122 Å². The van der Waals surface area contributed by atoms with E-state index in [-0.39, 0.29) is 13.0 Å². The van der Waals surface area contributed by atoms with Gasteiger partial charge in [-0.3, -0.25) is 13.8 Å². The summed E-state index contributed by atoms with van der Waals surface area (Å²) in [4.78, 5) is 22.6. The highest BCUT2D eigenvalue weighted by atomic mass is 31.2. The predicted octanol–water partition coefficient (Wildman–Crippen LogP) is 13.6. The second-order valence-electron chi connectivity index (χ2n) is 15.0. The lowest BCUT2D eigenvalue weighted by molar-refractivity contribution is -0.154. The Morgan fingerprint density at radius 1 is 0.500 bits per heavy atom. The van der Waals surface area contributed by atoms with Crippen LogP contribution in [0.5, 0.6) is 0 Å². The van der Waals surface area contributed by atoms with Gasteiger partial charge in [0.15, 0.2) is 0 Å². The zero-order chi connectivity index (χ0) is 45.3. The molecule has 0 saturated heterocycles. The molecule has 0 rings (SSSR count). The molecule has 10 heteroatoms. The standard InChI is InChI=1S/C52H85O9P/c1-3-5-7-9-11-13-15-17-19-21-23-24-25-27-29-31-33-35-37-39-41-43-45-58-48-51(49-60-62(56,57)59-47-50(54)46-53)61-52(55)44-42-40-38-36-34-32-30-28-26-22-20-18-16-14-12-10-8-6-4-2/h5-8,11-14,17-20,23-24,26-29,33,35,50-51,53-54H,3-4,9-10,15-16,21-22,25,30-32,34,36-49H2,1-2H3,(H,56,57)/b7-5-,8-6-,13-11-,14-12-,19-17-,20-18-,24-23-,28-26-,29-27-,35-33-. The molecular weight excluding hydrogens is 800 g/mol. The zero-order valence-electron chi connectivity index (χ0n) is 38.5. The molecule has 3 N–H and O–H groups in total. The van der Waals surface area contributed by atoms with Crippen molar-refractivity contribution in [2.75, 3.05) is 33.0 Å². The van der Waals surface area contributed by atoms with Crippen LogP contribution in [0.1, 0.15) is 155 Å². The molecule has 3 atom stereocenters. The SMILES string of the molecule is CC/C=C\C/C=C\C/C=C\C/C=C\C/C=C\C/C=C\CCCCCOCC(COP(=O)(O)OCC(O)CO)OC(=O)CCCCCCCC/C=C\C/C=C\C/C=C\C/C=C\CC. The van der Waals surface area contributed by atoms with Gasteiger partial charge in [0.25, 0.3) is 0 Å². The number of carbonyl (C=O) groups excluding carboxylic acids is 1. The van der Waals surface area contributed by atoms with Gasteiger partial charge in [-0.15, -0.1) is 0 Å². The number of unbranched alkanes of at least 4 members (excludes halogenated alkanes) is 9. The molecule has 3 unspecified atom stereocenters. The maximum absolute atomic E-state index is 12.7. The largest absolute Gasteiger partial charge is 0.472 e. The van der Waals surface area contributed by atoms with Crippen LogP contribution in [0.4, 0.5) is 0 Å². The fourth-order valence-electron chi connectivity index (χ4n) is 5.64. The van der Waals surface area contributed by atoms with Gasteiger partial charge in [0.05, 0.1) is 26.4 Å². The highest BCUT2D eigenvalue weighted by Gasteiger charge is 2.26. The van der Waals surface area contributed by atoms with Crippen LogP contribution in [0.25, 0.3) is 0 Å². The third-order valence-corrected chi connectivity index (χ3v) is 10.1. The maximum atomic E-state index is 12.7. The molecule has 0 fully saturated rings. The van der Waals surface area contributed by atoms with Gasteiger partial charge < -0.3 is 24.6 Å².